The number of benzene rings is 1. The summed E-state index contributed by atoms with van der Waals surface area (Å²) in [7, 11) is 2.90. The quantitative estimate of drug-likeness (QED) is 0.714. The third kappa shape index (κ3) is 3.30. The van der Waals surface area contributed by atoms with Gasteiger partial charge in [0.2, 0.25) is 17.7 Å². The number of aromatic nitrogens is 2. The van der Waals surface area contributed by atoms with Crippen molar-refractivity contribution in [2.45, 2.75) is 0 Å². The van der Waals surface area contributed by atoms with E-state index in [1.807, 2.05) is 0 Å². The second kappa shape index (κ2) is 5.95. The van der Waals surface area contributed by atoms with Gasteiger partial charge < -0.3 is 20.9 Å². The number of ether oxygens (including phenoxy) is 2. The minimum Gasteiger partial charge on any atom is -0.481 e. The monoisotopic (exact) mass is 289 g/mol. The topological polar surface area (TPSA) is 125 Å². The van der Waals surface area contributed by atoms with Crippen LogP contribution in [0.25, 0.3) is 0 Å². The van der Waals surface area contributed by atoms with Crippen LogP contribution in [0.2, 0.25) is 0 Å². The van der Waals surface area contributed by atoms with Crippen LogP contribution in [-0.4, -0.2) is 30.1 Å². The number of carbonyl (C=O) groups is 1. The Hall–Kier alpha value is -3.03. The molecule has 8 heteroatoms. The first-order chi connectivity index (χ1) is 10.0. The SMILES string of the molecule is COc1cc(OC)nc(NC(=O)c2ccc(N)cc2N)n1. The van der Waals surface area contributed by atoms with E-state index in [1.165, 1.54) is 32.4 Å². The fourth-order valence-corrected chi connectivity index (χ4v) is 1.63. The van der Waals surface area contributed by atoms with Gasteiger partial charge in [0, 0.05) is 11.4 Å². The smallest absolute Gasteiger partial charge is 0.260 e. The molecule has 0 aliphatic rings. The zero-order valence-corrected chi connectivity index (χ0v) is 11.6. The van der Waals surface area contributed by atoms with Gasteiger partial charge >= 0.3 is 0 Å². The van der Waals surface area contributed by atoms with Crippen LogP contribution in [0.4, 0.5) is 17.3 Å². The van der Waals surface area contributed by atoms with Crippen LogP contribution in [-0.2, 0) is 0 Å². The van der Waals surface area contributed by atoms with E-state index in [2.05, 4.69) is 15.3 Å². The Morgan fingerprint density at radius 3 is 2.24 bits per heavy atom. The van der Waals surface area contributed by atoms with Crippen molar-refractivity contribution in [2.24, 2.45) is 0 Å². The summed E-state index contributed by atoms with van der Waals surface area (Å²) in [6.45, 7) is 0. The molecule has 0 aliphatic heterocycles. The number of nitrogens with two attached hydrogens (primary N) is 2. The van der Waals surface area contributed by atoms with Crippen LogP contribution in [0.3, 0.4) is 0 Å². The van der Waals surface area contributed by atoms with Gasteiger partial charge in [-0.05, 0) is 18.2 Å². The number of hydrogen-bond donors (Lipinski definition) is 3. The van der Waals surface area contributed by atoms with Gasteiger partial charge in [-0.15, -0.1) is 0 Å². The average Bonchev–Trinajstić information content (AvgIpc) is 2.46. The van der Waals surface area contributed by atoms with Crippen molar-refractivity contribution in [2.75, 3.05) is 31.0 Å². The first-order valence-electron chi connectivity index (χ1n) is 5.97. The van der Waals surface area contributed by atoms with Gasteiger partial charge in [0.1, 0.15) is 0 Å². The lowest BCUT2D eigenvalue weighted by atomic mass is 10.1. The van der Waals surface area contributed by atoms with Crippen molar-refractivity contribution in [3.63, 3.8) is 0 Å². The number of carbonyl (C=O) groups excluding carboxylic acids is 1. The molecule has 21 heavy (non-hydrogen) atoms. The summed E-state index contributed by atoms with van der Waals surface area (Å²) >= 11 is 0. The van der Waals surface area contributed by atoms with E-state index >= 15 is 0 Å². The van der Waals surface area contributed by atoms with Crippen molar-refractivity contribution in [3.05, 3.63) is 29.8 Å². The standard InChI is InChI=1S/C13H15N5O3/c1-20-10-6-11(21-2)17-13(16-10)18-12(19)8-4-3-7(14)5-9(8)15/h3-6H,14-15H2,1-2H3,(H,16,17,18,19). The average molecular weight is 289 g/mol. The summed E-state index contributed by atoms with van der Waals surface area (Å²) in [6.07, 6.45) is 0. The number of amides is 1. The molecule has 0 fully saturated rings. The molecule has 1 heterocycles. The van der Waals surface area contributed by atoms with E-state index in [9.17, 15) is 4.79 Å². The van der Waals surface area contributed by atoms with Crippen LogP contribution in [0.5, 0.6) is 11.8 Å². The molecule has 8 nitrogen and oxygen atoms in total. The second-order valence-corrected chi connectivity index (χ2v) is 4.08. The third-order valence-corrected chi connectivity index (χ3v) is 2.64. The first kappa shape index (κ1) is 14.4. The summed E-state index contributed by atoms with van der Waals surface area (Å²) in [5, 5.41) is 2.53. The molecular formula is C13H15N5O3. The number of nitrogens with one attached hydrogen (secondary N) is 1. The summed E-state index contributed by atoms with van der Waals surface area (Å²) < 4.78 is 10.0. The number of rotatable bonds is 4. The van der Waals surface area contributed by atoms with Crippen molar-refractivity contribution >= 4 is 23.2 Å². The lowest BCUT2D eigenvalue weighted by Gasteiger charge is -2.09. The lowest BCUT2D eigenvalue weighted by Crippen LogP contribution is -2.16. The number of anilines is 3. The molecule has 0 spiro atoms. The molecule has 1 aromatic carbocycles. The Kier molecular flexibility index (Phi) is 4.07. The molecule has 1 amide bonds. The molecule has 5 N–H and O–H groups in total. The van der Waals surface area contributed by atoms with Crippen molar-refractivity contribution < 1.29 is 14.3 Å². The maximum Gasteiger partial charge on any atom is 0.260 e. The van der Waals surface area contributed by atoms with Crippen LogP contribution in [0.15, 0.2) is 24.3 Å². The van der Waals surface area contributed by atoms with Crippen molar-refractivity contribution in [3.8, 4) is 11.8 Å². The van der Waals surface area contributed by atoms with Gasteiger partial charge in [-0.2, -0.15) is 9.97 Å². The Morgan fingerprint density at radius 2 is 1.71 bits per heavy atom. The fraction of sp³-hybridized carbons (Fsp3) is 0.154. The van der Waals surface area contributed by atoms with E-state index in [1.54, 1.807) is 6.07 Å². The maximum atomic E-state index is 12.2. The van der Waals surface area contributed by atoms with Crippen LogP contribution >= 0.6 is 0 Å². The Bertz CT molecular complexity index is 653. The summed E-state index contributed by atoms with van der Waals surface area (Å²) in [6, 6.07) is 6.10. The van der Waals surface area contributed by atoms with Gasteiger partial charge in [-0.3, -0.25) is 10.1 Å². The molecule has 110 valence electrons. The molecule has 0 unspecified atom stereocenters. The van der Waals surface area contributed by atoms with Crippen LogP contribution in [0, 0.1) is 0 Å². The fourth-order valence-electron chi connectivity index (χ4n) is 1.63. The molecule has 2 aromatic rings. The summed E-state index contributed by atoms with van der Waals surface area (Å²) in [4.78, 5) is 20.2. The molecular weight excluding hydrogens is 274 g/mol. The van der Waals surface area contributed by atoms with Crippen molar-refractivity contribution in [1.82, 2.24) is 9.97 Å². The highest BCUT2D eigenvalue weighted by Gasteiger charge is 2.13. The zero-order valence-electron chi connectivity index (χ0n) is 11.6. The van der Waals surface area contributed by atoms with Crippen LogP contribution in [0.1, 0.15) is 10.4 Å². The third-order valence-electron chi connectivity index (χ3n) is 2.64. The van der Waals surface area contributed by atoms with Crippen LogP contribution < -0.4 is 26.3 Å². The van der Waals surface area contributed by atoms with E-state index in [4.69, 9.17) is 20.9 Å². The zero-order chi connectivity index (χ0) is 15.4. The highest BCUT2D eigenvalue weighted by Crippen LogP contribution is 2.20. The summed E-state index contributed by atoms with van der Waals surface area (Å²) in [5.41, 5.74) is 12.4. The molecule has 0 radical (unpaired) electrons. The number of nitrogens with zero attached hydrogens (tertiary/aromatic N) is 2. The number of methoxy groups -OCH3 is 2. The molecule has 2 rings (SSSR count). The van der Waals surface area contributed by atoms with Gasteiger partial charge in [0.25, 0.3) is 5.91 Å². The molecule has 0 bridgehead atoms. The number of hydrogen-bond acceptors (Lipinski definition) is 7. The molecule has 0 atom stereocenters. The maximum absolute atomic E-state index is 12.2. The Balaban J connectivity index is 2.26. The number of nitrogen functional groups attached to an aromatic ring is 2. The largest absolute Gasteiger partial charge is 0.481 e. The lowest BCUT2D eigenvalue weighted by molar-refractivity contribution is 0.102. The van der Waals surface area contributed by atoms with Gasteiger partial charge in [0.15, 0.2) is 0 Å². The second-order valence-electron chi connectivity index (χ2n) is 4.08. The van der Waals surface area contributed by atoms with E-state index < -0.39 is 5.91 Å². The van der Waals surface area contributed by atoms with E-state index in [-0.39, 0.29) is 29.0 Å². The van der Waals surface area contributed by atoms with E-state index in [0.717, 1.165) is 0 Å². The van der Waals surface area contributed by atoms with Gasteiger partial charge in [0.05, 0.1) is 25.8 Å². The minimum absolute atomic E-state index is 0.0485. The molecule has 1 aromatic heterocycles. The first-order valence-corrected chi connectivity index (χ1v) is 5.97. The van der Waals surface area contributed by atoms with E-state index in [0.29, 0.717) is 5.69 Å². The normalized spacial score (nSPS) is 10.0. The Morgan fingerprint density at radius 1 is 1.10 bits per heavy atom. The van der Waals surface area contributed by atoms with Crippen molar-refractivity contribution in [1.29, 1.82) is 0 Å². The predicted molar refractivity (Wildman–Crippen MR) is 78.4 cm³/mol. The highest BCUT2D eigenvalue weighted by atomic mass is 16.5. The minimum atomic E-state index is -0.456. The molecule has 0 aliphatic carbocycles. The summed E-state index contributed by atoms with van der Waals surface area (Å²) in [5.74, 6) is 0.125. The predicted octanol–water partition coefficient (Wildman–Crippen LogP) is 0.911. The highest BCUT2D eigenvalue weighted by molar-refractivity contribution is 6.07. The molecule has 0 saturated heterocycles. The van der Waals surface area contributed by atoms with Gasteiger partial charge in [-0.1, -0.05) is 0 Å². The van der Waals surface area contributed by atoms with Gasteiger partial charge in [-0.25, -0.2) is 0 Å². The molecule has 0 saturated carbocycles. The Labute approximate surface area is 121 Å².